The van der Waals surface area contributed by atoms with Crippen LogP contribution in [0.1, 0.15) is 18.1 Å². The summed E-state index contributed by atoms with van der Waals surface area (Å²) in [5.74, 6) is 1.10. The molecule has 0 aliphatic carbocycles. The van der Waals surface area contributed by atoms with Crippen molar-refractivity contribution in [3.8, 4) is 0 Å². The molecule has 1 unspecified atom stereocenters. The minimum atomic E-state index is 0.458. The largest absolute Gasteiger partial charge is 0.274 e. The Morgan fingerprint density at radius 1 is 1.54 bits per heavy atom. The Hall–Kier alpha value is -0.830. The van der Waals surface area contributed by atoms with Gasteiger partial charge in [-0.2, -0.15) is 0 Å². The van der Waals surface area contributed by atoms with Crippen LogP contribution >= 0.6 is 11.8 Å². The van der Waals surface area contributed by atoms with E-state index >= 15 is 0 Å². The molecule has 1 aromatic heterocycles. The fourth-order valence-corrected chi connectivity index (χ4v) is 2.41. The third-order valence-electron chi connectivity index (χ3n) is 2.07. The quantitative estimate of drug-likeness (QED) is 0.682. The second kappa shape index (κ2) is 3.50. The summed E-state index contributed by atoms with van der Waals surface area (Å²) in [4.78, 5) is 8.68. The maximum Gasteiger partial charge on any atom is 0.0999 e. The molecule has 0 spiro atoms. The molecule has 0 amide bonds. The first kappa shape index (κ1) is 8.75. The van der Waals surface area contributed by atoms with Gasteiger partial charge in [-0.3, -0.25) is 9.98 Å². The van der Waals surface area contributed by atoms with Gasteiger partial charge >= 0.3 is 0 Å². The van der Waals surface area contributed by atoms with E-state index in [1.165, 1.54) is 11.1 Å². The van der Waals surface area contributed by atoms with Crippen molar-refractivity contribution in [1.82, 2.24) is 4.98 Å². The summed E-state index contributed by atoms with van der Waals surface area (Å²) in [5.41, 5.74) is 2.45. The predicted molar refractivity (Wildman–Crippen MR) is 57.4 cm³/mol. The lowest BCUT2D eigenvalue weighted by Gasteiger charge is -2.02. The van der Waals surface area contributed by atoms with E-state index in [4.69, 9.17) is 0 Å². The lowest BCUT2D eigenvalue weighted by molar-refractivity contribution is 0.865. The molecule has 1 atom stereocenters. The maximum absolute atomic E-state index is 4.56. The number of rotatable bonds is 1. The molecule has 1 aliphatic rings. The normalized spacial score (nSPS) is 21.7. The predicted octanol–water partition coefficient (Wildman–Crippen LogP) is 2.27. The van der Waals surface area contributed by atoms with Crippen LogP contribution < -0.4 is 0 Å². The van der Waals surface area contributed by atoms with Gasteiger partial charge in [0.15, 0.2) is 0 Å². The number of thioether (sulfide) groups is 1. The van der Waals surface area contributed by atoms with Crippen molar-refractivity contribution in [3.63, 3.8) is 0 Å². The maximum atomic E-state index is 4.56. The molecule has 0 N–H and O–H groups in total. The van der Waals surface area contributed by atoms with E-state index in [0.29, 0.717) is 6.04 Å². The summed E-state index contributed by atoms with van der Waals surface area (Å²) in [6.45, 7) is 4.24. The smallest absolute Gasteiger partial charge is 0.0999 e. The van der Waals surface area contributed by atoms with Gasteiger partial charge in [0.05, 0.1) is 11.1 Å². The van der Waals surface area contributed by atoms with Gasteiger partial charge in [0.1, 0.15) is 0 Å². The monoisotopic (exact) mass is 192 g/mol. The molecule has 2 heterocycles. The summed E-state index contributed by atoms with van der Waals surface area (Å²) >= 11 is 1.83. The Morgan fingerprint density at radius 3 is 3.00 bits per heavy atom. The second-order valence-electron chi connectivity index (χ2n) is 3.28. The molecule has 0 fully saturated rings. The van der Waals surface area contributed by atoms with Gasteiger partial charge in [0.25, 0.3) is 0 Å². The Morgan fingerprint density at radius 2 is 2.38 bits per heavy atom. The lowest BCUT2D eigenvalue weighted by Crippen LogP contribution is -1.96. The molecule has 3 heteroatoms. The van der Waals surface area contributed by atoms with E-state index in [1.54, 1.807) is 0 Å². The van der Waals surface area contributed by atoms with Crippen LogP contribution in [0.4, 0.5) is 0 Å². The van der Waals surface area contributed by atoms with Crippen molar-refractivity contribution in [2.24, 2.45) is 4.99 Å². The Balaban J connectivity index is 2.36. The van der Waals surface area contributed by atoms with Crippen LogP contribution in [-0.4, -0.2) is 21.8 Å². The number of aromatic nitrogens is 1. The fourth-order valence-electron chi connectivity index (χ4n) is 1.31. The zero-order valence-corrected chi connectivity index (χ0v) is 8.64. The fraction of sp³-hybridized carbons (Fsp3) is 0.400. The SMILES string of the molecule is Cc1ccncc1C1=NC(C)CS1. The van der Waals surface area contributed by atoms with Crippen LogP contribution in [0.5, 0.6) is 0 Å². The lowest BCUT2D eigenvalue weighted by atomic mass is 10.2. The molecule has 0 bridgehead atoms. The highest BCUT2D eigenvalue weighted by Gasteiger charge is 2.16. The van der Waals surface area contributed by atoms with Crippen molar-refractivity contribution < 1.29 is 0 Å². The van der Waals surface area contributed by atoms with Crippen molar-refractivity contribution >= 4 is 16.8 Å². The second-order valence-corrected chi connectivity index (χ2v) is 4.29. The topological polar surface area (TPSA) is 25.2 Å². The van der Waals surface area contributed by atoms with Gasteiger partial charge in [-0.25, -0.2) is 0 Å². The van der Waals surface area contributed by atoms with Gasteiger partial charge in [-0.05, 0) is 25.5 Å². The minimum absolute atomic E-state index is 0.458. The van der Waals surface area contributed by atoms with Gasteiger partial charge in [-0.1, -0.05) is 0 Å². The van der Waals surface area contributed by atoms with Crippen molar-refractivity contribution in [2.45, 2.75) is 19.9 Å². The van der Waals surface area contributed by atoms with E-state index in [9.17, 15) is 0 Å². The van der Waals surface area contributed by atoms with E-state index in [-0.39, 0.29) is 0 Å². The number of aliphatic imine (C=N–C) groups is 1. The first-order valence-corrected chi connectivity index (χ1v) is 5.37. The van der Waals surface area contributed by atoms with Crippen molar-refractivity contribution in [2.75, 3.05) is 5.75 Å². The Labute approximate surface area is 82.5 Å². The highest BCUT2D eigenvalue weighted by atomic mass is 32.2. The van der Waals surface area contributed by atoms with Gasteiger partial charge in [0.2, 0.25) is 0 Å². The number of pyridine rings is 1. The summed E-state index contributed by atoms with van der Waals surface area (Å²) in [5, 5.41) is 1.15. The number of nitrogens with zero attached hydrogens (tertiary/aromatic N) is 2. The highest BCUT2D eigenvalue weighted by molar-refractivity contribution is 8.14. The Kier molecular flexibility index (Phi) is 2.36. The molecular formula is C10H12N2S. The third-order valence-corrected chi connectivity index (χ3v) is 3.32. The molecule has 0 aromatic carbocycles. The molecule has 1 aliphatic heterocycles. The first-order valence-electron chi connectivity index (χ1n) is 4.39. The van der Waals surface area contributed by atoms with E-state index < -0.39 is 0 Å². The molecule has 0 saturated carbocycles. The average Bonchev–Trinajstić information content (AvgIpc) is 2.53. The summed E-state index contributed by atoms with van der Waals surface area (Å²) in [6, 6.07) is 2.49. The molecule has 68 valence electrons. The van der Waals surface area contributed by atoms with Crippen LogP contribution in [0.3, 0.4) is 0 Å². The first-order chi connectivity index (χ1) is 6.27. The molecular weight excluding hydrogens is 180 g/mol. The van der Waals surface area contributed by atoms with Gasteiger partial charge in [0, 0.05) is 23.7 Å². The zero-order chi connectivity index (χ0) is 9.26. The van der Waals surface area contributed by atoms with E-state index in [2.05, 4.69) is 23.8 Å². The van der Waals surface area contributed by atoms with Gasteiger partial charge in [-0.15, -0.1) is 11.8 Å². The number of hydrogen-bond donors (Lipinski definition) is 0. The molecule has 0 radical (unpaired) electrons. The summed E-state index contributed by atoms with van der Waals surface area (Å²) in [6.07, 6.45) is 3.72. The van der Waals surface area contributed by atoms with E-state index in [1.807, 2.05) is 30.2 Å². The zero-order valence-electron chi connectivity index (χ0n) is 7.82. The standard InChI is InChI=1S/C10H12N2S/c1-7-3-4-11-5-9(7)10-12-8(2)6-13-10/h3-5,8H,6H2,1-2H3. The van der Waals surface area contributed by atoms with E-state index in [0.717, 1.165) is 10.8 Å². The minimum Gasteiger partial charge on any atom is -0.274 e. The molecule has 1 aromatic rings. The number of hydrogen-bond acceptors (Lipinski definition) is 3. The third kappa shape index (κ3) is 1.75. The van der Waals surface area contributed by atoms with Crippen LogP contribution in [0.25, 0.3) is 0 Å². The molecule has 0 saturated heterocycles. The highest BCUT2D eigenvalue weighted by Crippen LogP contribution is 2.24. The van der Waals surface area contributed by atoms with Crippen LogP contribution in [0.2, 0.25) is 0 Å². The molecule has 2 rings (SSSR count). The average molecular weight is 192 g/mol. The van der Waals surface area contributed by atoms with Gasteiger partial charge < -0.3 is 0 Å². The Bertz CT molecular complexity index is 347. The van der Waals surface area contributed by atoms with Crippen LogP contribution in [0, 0.1) is 6.92 Å². The van der Waals surface area contributed by atoms with Crippen molar-refractivity contribution in [1.29, 1.82) is 0 Å². The van der Waals surface area contributed by atoms with Crippen LogP contribution in [0.15, 0.2) is 23.5 Å². The summed E-state index contributed by atoms with van der Waals surface area (Å²) < 4.78 is 0. The molecule has 2 nitrogen and oxygen atoms in total. The number of aryl methyl sites for hydroxylation is 1. The van der Waals surface area contributed by atoms with Crippen LogP contribution in [-0.2, 0) is 0 Å². The summed E-state index contributed by atoms with van der Waals surface area (Å²) in [7, 11) is 0. The van der Waals surface area contributed by atoms with Crippen molar-refractivity contribution in [3.05, 3.63) is 29.6 Å². The molecule has 13 heavy (non-hydrogen) atoms.